The Bertz CT molecular complexity index is 645. The zero-order valence-corrected chi connectivity index (χ0v) is 13.3. The Morgan fingerprint density at radius 2 is 1.91 bits per heavy atom. The Labute approximate surface area is 135 Å². The van der Waals surface area contributed by atoms with Crippen molar-refractivity contribution >= 4 is 17.9 Å². The summed E-state index contributed by atoms with van der Waals surface area (Å²) in [6, 6.07) is 7.03. The minimum atomic E-state index is -0.315. The van der Waals surface area contributed by atoms with Crippen molar-refractivity contribution in [2.24, 2.45) is 0 Å². The van der Waals surface area contributed by atoms with E-state index in [9.17, 15) is 4.79 Å². The van der Waals surface area contributed by atoms with E-state index in [0.29, 0.717) is 16.7 Å². The van der Waals surface area contributed by atoms with Gasteiger partial charge in [-0.2, -0.15) is 0 Å². The first-order valence-corrected chi connectivity index (χ1v) is 7.99. The van der Waals surface area contributed by atoms with Gasteiger partial charge in [0.1, 0.15) is 23.8 Å². The molecule has 0 spiro atoms. The van der Waals surface area contributed by atoms with Gasteiger partial charge in [-0.1, -0.05) is 18.0 Å². The summed E-state index contributed by atoms with van der Waals surface area (Å²) >= 11 is 5.91. The van der Waals surface area contributed by atoms with Crippen LogP contribution in [0.5, 0.6) is 0 Å². The number of aryl methyl sites for hydroxylation is 1. The average molecular weight is 319 g/mol. The SMILES string of the molecule is Cc1oc(-c2ccc(Cl)cc2)nc1C(C=O)N1CCCCC1. The van der Waals surface area contributed by atoms with Crippen LogP contribution in [0.2, 0.25) is 5.02 Å². The van der Waals surface area contributed by atoms with Crippen molar-refractivity contribution in [1.82, 2.24) is 9.88 Å². The predicted molar refractivity (Wildman–Crippen MR) is 85.9 cm³/mol. The first kappa shape index (κ1) is 15.3. The highest BCUT2D eigenvalue weighted by Crippen LogP contribution is 2.29. The molecule has 4 nitrogen and oxygen atoms in total. The van der Waals surface area contributed by atoms with E-state index >= 15 is 0 Å². The number of aldehydes is 1. The molecule has 0 amide bonds. The highest BCUT2D eigenvalue weighted by atomic mass is 35.5. The number of oxazole rings is 1. The van der Waals surface area contributed by atoms with Crippen LogP contribution in [0.15, 0.2) is 28.7 Å². The van der Waals surface area contributed by atoms with Crippen LogP contribution in [-0.4, -0.2) is 29.3 Å². The lowest BCUT2D eigenvalue weighted by Gasteiger charge is -2.30. The molecule has 3 rings (SSSR count). The highest BCUT2D eigenvalue weighted by molar-refractivity contribution is 6.30. The molecule has 1 aliphatic heterocycles. The maximum Gasteiger partial charge on any atom is 0.226 e. The molecule has 0 radical (unpaired) electrons. The van der Waals surface area contributed by atoms with Gasteiger partial charge in [0, 0.05) is 10.6 Å². The van der Waals surface area contributed by atoms with Gasteiger partial charge in [0.05, 0.1) is 0 Å². The fourth-order valence-corrected chi connectivity index (χ4v) is 3.04. The Hall–Kier alpha value is -1.65. The minimum Gasteiger partial charge on any atom is -0.441 e. The topological polar surface area (TPSA) is 46.3 Å². The molecule has 2 aromatic rings. The summed E-state index contributed by atoms with van der Waals surface area (Å²) in [5.74, 6) is 1.24. The Kier molecular flexibility index (Phi) is 4.60. The van der Waals surface area contributed by atoms with Crippen molar-refractivity contribution in [3.05, 3.63) is 40.7 Å². The summed E-state index contributed by atoms with van der Waals surface area (Å²) in [7, 11) is 0. The molecular formula is C17H19ClN2O2. The predicted octanol–water partition coefficient (Wildman–Crippen LogP) is 4.03. The van der Waals surface area contributed by atoms with E-state index in [1.807, 2.05) is 19.1 Å². The van der Waals surface area contributed by atoms with Crippen molar-refractivity contribution in [2.75, 3.05) is 13.1 Å². The number of rotatable bonds is 4. The molecule has 2 heterocycles. The zero-order chi connectivity index (χ0) is 15.5. The number of hydrogen-bond acceptors (Lipinski definition) is 4. The maximum atomic E-state index is 11.6. The molecule has 22 heavy (non-hydrogen) atoms. The van der Waals surface area contributed by atoms with Crippen LogP contribution in [0.3, 0.4) is 0 Å². The summed E-state index contributed by atoms with van der Waals surface area (Å²) in [5, 5.41) is 0.673. The molecule has 0 saturated carbocycles. The van der Waals surface area contributed by atoms with Crippen molar-refractivity contribution in [3.63, 3.8) is 0 Å². The van der Waals surface area contributed by atoms with E-state index in [4.69, 9.17) is 16.0 Å². The number of nitrogens with zero attached hydrogens (tertiary/aromatic N) is 2. The number of piperidine rings is 1. The normalized spacial score (nSPS) is 17.4. The van der Waals surface area contributed by atoms with Crippen LogP contribution in [0.1, 0.15) is 36.8 Å². The van der Waals surface area contributed by atoms with E-state index in [0.717, 1.165) is 43.5 Å². The number of carbonyl (C=O) groups excluding carboxylic acids is 1. The number of likely N-dealkylation sites (tertiary alicyclic amines) is 1. The van der Waals surface area contributed by atoms with E-state index in [2.05, 4.69) is 9.88 Å². The molecule has 1 atom stereocenters. The van der Waals surface area contributed by atoms with E-state index < -0.39 is 0 Å². The molecule has 1 saturated heterocycles. The van der Waals surface area contributed by atoms with Gasteiger partial charge in [0.15, 0.2) is 0 Å². The first-order valence-electron chi connectivity index (χ1n) is 7.61. The second-order valence-electron chi connectivity index (χ2n) is 5.64. The van der Waals surface area contributed by atoms with Gasteiger partial charge in [-0.05, 0) is 57.1 Å². The van der Waals surface area contributed by atoms with Crippen LogP contribution in [0, 0.1) is 6.92 Å². The van der Waals surface area contributed by atoms with Gasteiger partial charge in [0.2, 0.25) is 5.89 Å². The minimum absolute atomic E-state index is 0.315. The smallest absolute Gasteiger partial charge is 0.226 e. The molecule has 1 aromatic carbocycles. The van der Waals surface area contributed by atoms with Gasteiger partial charge in [-0.3, -0.25) is 4.90 Å². The lowest BCUT2D eigenvalue weighted by molar-refractivity contribution is -0.113. The third-order valence-corrected chi connectivity index (χ3v) is 4.37. The summed E-state index contributed by atoms with van der Waals surface area (Å²) in [4.78, 5) is 18.4. The number of benzene rings is 1. The molecule has 116 valence electrons. The molecule has 1 fully saturated rings. The summed E-state index contributed by atoms with van der Waals surface area (Å²) in [6.07, 6.45) is 4.47. The summed E-state index contributed by atoms with van der Waals surface area (Å²) < 4.78 is 5.77. The highest BCUT2D eigenvalue weighted by Gasteiger charge is 2.27. The average Bonchev–Trinajstić information content (AvgIpc) is 2.92. The fraction of sp³-hybridized carbons (Fsp3) is 0.412. The molecule has 1 aromatic heterocycles. The number of aromatic nitrogens is 1. The number of hydrogen-bond donors (Lipinski definition) is 0. The molecule has 0 bridgehead atoms. The zero-order valence-electron chi connectivity index (χ0n) is 12.6. The van der Waals surface area contributed by atoms with Gasteiger partial charge in [-0.25, -0.2) is 4.98 Å². The van der Waals surface area contributed by atoms with Gasteiger partial charge >= 0.3 is 0 Å². The second-order valence-corrected chi connectivity index (χ2v) is 6.08. The lowest BCUT2D eigenvalue weighted by Crippen LogP contribution is -2.35. The summed E-state index contributed by atoms with van der Waals surface area (Å²) in [5.41, 5.74) is 1.59. The largest absolute Gasteiger partial charge is 0.441 e. The molecule has 0 N–H and O–H groups in total. The standard InChI is InChI=1S/C17H19ClN2O2/c1-12-16(15(11-21)20-9-3-2-4-10-20)19-17(22-12)13-5-7-14(18)8-6-13/h5-8,11,15H,2-4,9-10H2,1H3. The van der Waals surface area contributed by atoms with Crippen LogP contribution in [-0.2, 0) is 4.79 Å². The van der Waals surface area contributed by atoms with Crippen LogP contribution in [0.4, 0.5) is 0 Å². The molecular weight excluding hydrogens is 300 g/mol. The van der Waals surface area contributed by atoms with Crippen molar-refractivity contribution in [1.29, 1.82) is 0 Å². The Balaban J connectivity index is 1.90. The van der Waals surface area contributed by atoms with Gasteiger partial charge in [-0.15, -0.1) is 0 Å². The molecule has 1 aliphatic rings. The monoisotopic (exact) mass is 318 g/mol. The number of carbonyl (C=O) groups is 1. The molecule has 0 aliphatic carbocycles. The second kappa shape index (κ2) is 6.63. The lowest BCUT2D eigenvalue weighted by atomic mass is 10.1. The molecule has 1 unspecified atom stereocenters. The Morgan fingerprint density at radius 3 is 2.55 bits per heavy atom. The summed E-state index contributed by atoms with van der Waals surface area (Å²) in [6.45, 7) is 3.74. The van der Waals surface area contributed by atoms with Crippen LogP contribution >= 0.6 is 11.6 Å². The maximum absolute atomic E-state index is 11.6. The molecule has 5 heteroatoms. The van der Waals surface area contributed by atoms with Crippen LogP contribution < -0.4 is 0 Å². The van der Waals surface area contributed by atoms with Crippen molar-refractivity contribution in [2.45, 2.75) is 32.2 Å². The third kappa shape index (κ3) is 3.08. The first-order chi connectivity index (χ1) is 10.7. The van der Waals surface area contributed by atoms with E-state index in [-0.39, 0.29) is 6.04 Å². The quantitative estimate of drug-likeness (QED) is 0.798. The third-order valence-electron chi connectivity index (χ3n) is 4.12. The van der Waals surface area contributed by atoms with Crippen molar-refractivity contribution in [3.8, 4) is 11.5 Å². The van der Waals surface area contributed by atoms with Gasteiger partial charge in [0.25, 0.3) is 0 Å². The van der Waals surface area contributed by atoms with Gasteiger partial charge < -0.3 is 9.21 Å². The Morgan fingerprint density at radius 1 is 1.23 bits per heavy atom. The number of halogens is 1. The fourth-order valence-electron chi connectivity index (χ4n) is 2.92. The van der Waals surface area contributed by atoms with Crippen molar-refractivity contribution < 1.29 is 9.21 Å². The van der Waals surface area contributed by atoms with Crippen LogP contribution in [0.25, 0.3) is 11.5 Å². The van der Waals surface area contributed by atoms with E-state index in [1.165, 1.54) is 6.42 Å². The van der Waals surface area contributed by atoms with E-state index in [1.54, 1.807) is 12.1 Å².